The van der Waals surface area contributed by atoms with Gasteiger partial charge in [0.15, 0.2) is 0 Å². The van der Waals surface area contributed by atoms with Crippen LogP contribution in [0.15, 0.2) is 18.2 Å². The first-order valence-electron chi connectivity index (χ1n) is 6.95. The largest absolute Gasteiger partial charge is 0.418 e. The molecule has 0 bridgehead atoms. The number of methoxy groups -OCH3 is 1. The van der Waals surface area contributed by atoms with Gasteiger partial charge in [0, 0.05) is 18.7 Å². The van der Waals surface area contributed by atoms with Crippen LogP contribution in [-0.2, 0) is 20.5 Å². The van der Waals surface area contributed by atoms with Crippen LogP contribution in [0.1, 0.15) is 19.4 Å². The number of halogens is 4. The Morgan fingerprint density at radius 3 is 2.38 bits per heavy atom. The molecule has 0 saturated heterocycles. The van der Waals surface area contributed by atoms with Crippen LogP contribution in [0.2, 0.25) is 5.02 Å². The van der Waals surface area contributed by atoms with E-state index in [-0.39, 0.29) is 18.2 Å². The zero-order chi connectivity index (χ0) is 18.5. The lowest BCUT2D eigenvalue weighted by molar-refractivity contribution is -0.138. The Morgan fingerprint density at radius 1 is 1.21 bits per heavy atom. The summed E-state index contributed by atoms with van der Waals surface area (Å²) in [5.41, 5.74) is -3.12. The minimum atomic E-state index is -4.70. The molecule has 9 heteroatoms. The lowest BCUT2D eigenvalue weighted by atomic mass is 9.90. The first kappa shape index (κ1) is 20.2. The number of benzene rings is 1. The molecule has 134 valence electrons. The SMILES string of the molecule is COCCNC(=O)C(C)(C)C(=O)Nc1ccc(Cl)cc1C(F)(F)F. The van der Waals surface area contributed by atoms with E-state index < -0.39 is 34.7 Å². The van der Waals surface area contributed by atoms with Crippen LogP contribution in [0.25, 0.3) is 0 Å². The van der Waals surface area contributed by atoms with E-state index in [4.69, 9.17) is 16.3 Å². The Labute approximate surface area is 142 Å². The molecular formula is C15H18ClF3N2O3. The maximum Gasteiger partial charge on any atom is 0.418 e. The fourth-order valence-electron chi connectivity index (χ4n) is 1.73. The van der Waals surface area contributed by atoms with Crippen molar-refractivity contribution in [1.29, 1.82) is 0 Å². The number of carbonyl (C=O) groups excluding carboxylic acids is 2. The van der Waals surface area contributed by atoms with Crippen molar-refractivity contribution in [2.75, 3.05) is 25.6 Å². The first-order chi connectivity index (χ1) is 11.0. The van der Waals surface area contributed by atoms with Gasteiger partial charge >= 0.3 is 6.18 Å². The number of rotatable bonds is 6. The van der Waals surface area contributed by atoms with Gasteiger partial charge in [-0.2, -0.15) is 13.2 Å². The van der Waals surface area contributed by atoms with Crippen LogP contribution < -0.4 is 10.6 Å². The van der Waals surface area contributed by atoms with E-state index in [9.17, 15) is 22.8 Å². The number of anilines is 1. The van der Waals surface area contributed by atoms with Gasteiger partial charge in [-0.25, -0.2) is 0 Å². The summed E-state index contributed by atoms with van der Waals surface area (Å²) in [6.45, 7) is 3.06. The van der Waals surface area contributed by atoms with E-state index >= 15 is 0 Å². The van der Waals surface area contributed by atoms with Gasteiger partial charge in [0.25, 0.3) is 0 Å². The Bertz CT molecular complexity index is 618. The minimum absolute atomic E-state index is 0.114. The summed E-state index contributed by atoms with van der Waals surface area (Å²) in [4.78, 5) is 24.3. The van der Waals surface area contributed by atoms with Gasteiger partial charge in [-0.3, -0.25) is 9.59 Å². The van der Waals surface area contributed by atoms with Crippen molar-refractivity contribution in [2.45, 2.75) is 20.0 Å². The molecule has 0 aliphatic rings. The zero-order valence-corrected chi connectivity index (χ0v) is 14.1. The number of carbonyl (C=O) groups is 2. The molecular weight excluding hydrogens is 349 g/mol. The fraction of sp³-hybridized carbons (Fsp3) is 0.467. The molecule has 1 aromatic carbocycles. The molecule has 0 spiro atoms. The molecule has 2 N–H and O–H groups in total. The van der Waals surface area contributed by atoms with Gasteiger partial charge in [-0.15, -0.1) is 0 Å². The normalized spacial score (nSPS) is 12.0. The van der Waals surface area contributed by atoms with E-state index in [1.54, 1.807) is 0 Å². The number of amides is 2. The number of hydrogen-bond donors (Lipinski definition) is 2. The molecule has 24 heavy (non-hydrogen) atoms. The average Bonchev–Trinajstić information content (AvgIpc) is 2.47. The molecule has 0 heterocycles. The molecule has 0 unspecified atom stereocenters. The van der Waals surface area contributed by atoms with E-state index in [2.05, 4.69) is 10.6 Å². The molecule has 0 aliphatic heterocycles. The van der Waals surface area contributed by atoms with E-state index in [1.807, 2.05) is 0 Å². The predicted molar refractivity (Wildman–Crippen MR) is 83.8 cm³/mol. The standard InChI is InChI=1S/C15H18ClF3N2O3/c1-14(2,12(22)20-6-7-24-3)13(23)21-11-5-4-9(16)8-10(11)15(17,18)19/h4-5,8H,6-7H2,1-3H3,(H,20,22)(H,21,23). The quantitative estimate of drug-likeness (QED) is 0.600. The summed E-state index contributed by atoms with van der Waals surface area (Å²) in [6, 6.07) is 2.98. The van der Waals surface area contributed by atoms with Crippen LogP contribution in [0, 0.1) is 5.41 Å². The number of hydrogen-bond acceptors (Lipinski definition) is 3. The van der Waals surface area contributed by atoms with Crippen LogP contribution in [0.5, 0.6) is 0 Å². The second-order valence-corrected chi connectivity index (χ2v) is 5.95. The smallest absolute Gasteiger partial charge is 0.383 e. The predicted octanol–water partition coefficient (Wildman–Crippen LogP) is 3.09. The van der Waals surface area contributed by atoms with Crippen molar-refractivity contribution in [3.63, 3.8) is 0 Å². The van der Waals surface area contributed by atoms with Crippen LogP contribution >= 0.6 is 11.6 Å². The van der Waals surface area contributed by atoms with Gasteiger partial charge in [0.2, 0.25) is 11.8 Å². The number of alkyl halides is 3. The molecule has 0 saturated carbocycles. The third-order valence-corrected chi connectivity index (χ3v) is 3.50. The molecule has 1 aromatic rings. The summed E-state index contributed by atoms with van der Waals surface area (Å²) >= 11 is 5.58. The second-order valence-electron chi connectivity index (χ2n) is 5.52. The Balaban J connectivity index is 2.96. The maximum atomic E-state index is 13.0. The zero-order valence-electron chi connectivity index (χ0n) is 13.4. The van der Waals surface area contributed by atoms with E-state index in [1.165, 1.54) is 27.0 Å². The van der Waals surface area contributed by atoms with Gasteiger partial charge in [-0.1, -0.05) is 11.6 Å². The van der Waals surface area contributed by atoms with Crippen LogP contribution in [0.4, 0.5) is 18.9 Å². The lowest BCUT2D eigenvalue weighted by Crippen LogP contribution is -2.46. The second kappa shape index (κ2) is 7.85. The summed E-state index contributed by atoms with van der Waals surface area (Å²) in [7, 11) is 1.45. The van der Waals surface area contributed by atoms with Crippen molar-refractivity contribution in [2.24, 2.45) is 5.41 Å². The van der Waals surface area contributed by atoms with Crippen molar-refractivity contribution in [3.05, 3.63) is 28.8 Å². The van der Waals surface area contributed by atoms with Gasteiger partial charge < -0.3 is 15.4 Å². The third kappa shape index (κ3) is 5.10. The lowest BCUT2D eigenvalue weighted by Gasteiger charge is -2.24. The molecule has 2 amide bonds. The van der Waals surface area contributed by atoms with Gasteiger partial charge in [0.1, 0.15) is 5.41 Å². The minimum Gasteiger partial charge on any atom is -0.383 e. The van der Waals surface area contributed by atoms with E-state index in [0.29, 0.717) is 6.07 Å². The molecule has 0 atom stereocenters. The Kier molecular flexibility index (Phi) is 6.62. The first-order valence-corrected chi connectivity index (χ1v) is 7.33. The molecule has 0 radical (unpaired) electrons. The van der Waals surface area contributed by atoms with Crippen molar-refractivity contribution >= 4 is 29.1 Å². The summed E-state index contributed by atoms with van der Waals surface area (Å²) in [5.74, 6) is -1.50. The molecule has 1 rings (SSSR count). The molecule has 5 nitrogen and oxygen atoms in total. The van der Waals surface area contributed by atoms with Crippen molar-refractivity contribution in [1.82, 2.24) is 5.32 Å². The summed E-state index contributed by atoms with van der Waals surface area (Å²) < 4.78 is 43.9. The maximum absolute atomic E-state index is 13.0. The highest BCUT2D eigenvalue weighted by Gasteiger charge is 2.39. The Morgan fingerprint density at radius 2 is 1.83 bits per heavy atom. The number of nitrogens with one attached hydrogen (secondary N) is 2. The highest BCUT2D eigenvalue weighted by molar-refractivity contribution is 6.30. The van der Waals surface area contributed by atoms with Gasteiger partial charge in [0.05, 0.1) is 17.9 Å². The Hall–Kier alpha value is -1.80. The molecule has 0 aliphatic carbocycles. The van der Waals surface area contributed by atoms with Crippen molar-refractivity contribution < 1.29 is 27.5 Å². The van der Waals surface area contributed by atoms with Crippen LogP contribution in [0.3, 0.4) is 0 Å². The van der Waals surface area contributed by atoms with Gasteiger partial charge in [-0.05, 0) is 32.0 Å². The van der Waals surface area contributed by atoms with Crippen LogP contribution in [-0.4, -0.2) is 32.1 Å². The highest BCUT2D eigenvalue weighted by atomic mass is 35.5. The summed E-state index contributed by atoms with van der Waals surface area (Å²) in [6.07, 6.45) is -4.70. The summed E-state index contributed by atoms with van der Waals surface area (Å²) in [5, 5.41) is 4.51. The van der Waals surface area contributed by atoms with Crippen molar-refractivity contribution in [3.8, 4) is 0 Å². The fourth-order valence-corrected chi connectivity index (χ4v) is 1.90. The number of ether oxygens (including phenoxy) is 1. The monoisotopic (exact) mass is 366 g/mol. The third-order valence-electron chi connectivity index (χ3n) is 3.26. The highest BCUT2D eigenvalue weighted by Crippen LogP contribution is 2.37. The molecule has 0 aromatic heterocycles. The average molecular weight is 367 g/mol. The topological polar surface area (TPSA) is 67.4 Å². The van der Waals surface area contributed by atoms with E-state index in [0.717, 1.165) is 6.07 Å². The molecule has 0 fully saturated rings.